The zero-order valence-electron chi connectivity index (χ0n) is 57.4. The molecule has 2 unspecified atom stereocenters. The van der Waals surface area contributed by atoms with E-state index in [1.807, 2.05) is 0 Å². The van der Waals surface area contributed by atoms with Crippen molar-refractivity contribution in [1.82, 2.24) is 5.32 Å². The summed E-state index contributed by atoms with van der Waals surface area (Å²) in [4.78, 5) is 24.7. The van der Waals surface area contributed by atoms with Crippen LogP contribution in [-0.4, -0.2) is 47.4 Å². The molecule has 0 spiro atoms. The van der Waals surface area contributed by atoms with Gasteiger partial charge in [0.1, 0.15) is 0 Å². The van der Waals surface area contributed by atoms with Crippen LogP contribution in [0.4, 0.5) is 0 Å². The monoisotopic (exact) mass is 1180 g/mol. The number of hydrogen-bond donors (Lipinski definition) is 3. The SMILES string of the molecule is CCCCCCCCCCCCCCCCCCCCCCCCC(O)C(CO)NC(=O)CCCCCCCCCCCC/C=C\CCCCCCCCCCCCCCOC(=O)CCCCCCCCCCCCCCCCCCCCC. The number of allylic oxidation sites excluding steroid dienone is 2. The van der Waals surface area contributed by atoms with Gasteiger partial charge in [-0.2, -0.15) is 0 Å². The molecule has 3 N–H and O–H groups in total. The molecule has 84 heavy (non-hydrogen) atoms. The van der Waals surface area contributed by atoms with Gasteiger partial charge in [-0.3, -0.25) is 9.59 Å². The molecule has 0 aromatic heterocycles. The minimum Gasteiger partial charge on any atom is -0.466 e. The molecule has 0 bridgehead atoms. The van der Waals surface area contributed by atoms with Gasteiger partial charge in [-0.15, -0.1) is 0 Å². The molecule has 2 atom stereocenters. The highest BCUT2D eigenvalue weighted by Crippen LogP contribution is 2.20. The lowest BCUT2D eigenvalue weighted by Gasteiger charge is -2.22. The van der Waals surface area contributed by atoms with Crippen molar-refractivity contribution in [2.45, 2.75) is 463 Å². The number of amides is 1. The molecule has 0 saturated heterocycles. The molecule has 0 aliphatic rings. The van der Waals surface area contributed by atoms with E-state index in [1.54, 1.807) is 0 Å². The van der Waals surface area contributed by atoms with E-state index in [4.69, 9.17) is 4.74 Å². The first-order valence-electron chi connectivity index (χ1n) is 38.9. The van der Waals surface area contributed by atoms with Crippen molar-refractivity contribution in [3.8, 4) is 0 Å². The third-order valence-corrected chi connectivity index (χ3v) is 18.6. The number of hydrogen-bond acceptors (Lipinski definition) is 5. The summed E-state index contributed by atoms with van der Waals surface area (Å²) in [6.45, 7) is 5.01. The summed E-state index contributed by atoms with van der Waals surface area (Å²) in [6.07, 6.45) is 92.9. The molecule has 0 rings (SSSR count). The van der Waals surface area contributed by atoms with E-state index in [0.29, 0.717) is 25.9 Å². The molecular weight excluding hydrogens is 1030 g/mol. The van der Waals surface area contributed by atoms with Gasteiger partial charge in [0.15, 0.2) is 0 Å². The second-order valence-electron chi connectivity index (χ2n) is 27.0. The zero-order valence-corrected chi connectivity index (χ0v) is 57.4. The standard InChI is InChI=1S/C78H153NO5/c1-3-5-7-9-11-13-15-17-19-21-23-24-31-35-38-42-46-50-54-58-62-66-70-76(81)75(74-80)79-77(82)71-67-63-59-55-51-47-43-39-36-32-29-27-25-26-28-30-33-37-41-45-49-53-57-61-65-69-73-84-78(83)72-68-64-60-56-52-48-44-40-34-22-20-18-16-14-12-10-8-6-4-2/h25,27,75-76,80-81H,3-24,26,28-74H2,1-2H3,(H,79,82)/b27-25-. The van der Waals surface area contributed by atoms with Gasteiger partial charge in [0.25, 0.3) is 0 Å². The number of aliphatic hydroxyl groups excluding tert-OH is 2. The predicted octanol–water partition coefficient (Wildman–Crippen LogP) is 25.5. The van der Waals surface area contributed by atoms with E-state index in [0.717, 1.165) is 38.5 Å². The molecule has 0 aliphatic carbocycles. The minimum absolute atomic E-state index is 0.0206. The van der Waals surface area contributed by atoms with Gasteiger partial charge >= 0.3 is 5.97 Å². The zero-order chi connectivity index (χ0) is 60.6. The maximum atomic E-state index is 12.6. The van der Waals surface area contributed by atoms with Crippen LogP contribution in [0.5, 0.6) is 0 Å². The highest BCUT2D eigenvalue weighted by Gasteiger charge is 2.20. The van der Waals surface area contributed by atoms with Crippen molar-refractivity contribution in [3.05, 3.63) is 12.2 Å². The van der Waals surface area contributed by atoms with Gasteiger partial charge in [0.2, 0.25) is 5.91 Å². The molecule has 6 heteroatoms. The van der Waals surface area contributed by atoms with E-state index < -0.39 is 12.1 Å². The molecule has 500 valence electrons. The van der Waals surface area contributed by atoms with Crippen molar-refractivity contribution < 1.29 is 24.5 Å². The van der Waals surface area contributed by atoms with E-state index in [-0.39, 0.29) is 18.5 Å². The van der Waals surface area contributed by atoms with E-state index >= 15 is 0 Å². The van der Waals surface area contributed by atoms with Crippen LogP contribution < -0.4 is 5.32 Å². The highest BCUT2D eigenvalue weighted by molar-refractivity contribution is 5.76. The van der Waals surface area contributed by atoms with Crippen LogP contribution in [-0.2, 0) is 14.3 Å². The molecule has 0 fully saturated rings. The smallest absolute Gasteiger partial charge is 0.305 e. The van der Waals surface area contributed by atoms with Gasteiger partial charge in [0, 0.05) is 12.8 Å². The second-order valence-corrected chi connectivity index (χ2v) is 27.0. The molecule has 0 saturated carbocycles. The van der Waals surface area contributed by atoms with Crippen molar-refractivity contribution in [2.75, 3.05) is 13.2 Å². The fourth-order valence-electron chi connectivity index (χ4n) is 12.6. The van der Waals surface area contributed by atoms with Gasteiger partial charge < -0.3 is 20.3 Å². The predicted molar refractivity (Wildman–Crippen MR) is 370 cm³/mol. The van der Waals surface area contributed by atoms with Crippen molar-refractivity contribution in [2.24, 2.45) is 0 Å². The lowest BCUT2D eigenvalue weighted by atomic mass is 10.0. The quantitative estimate of drug-likeness (QED) is 0.0320. The van der Waals surface area contributed by atoms with Crippen LogP contribution in [0, 0.1) is 0 Å². The van der Waals surface area contributed by atoms with Gasteiger partial charge in [0.05, 0.1) is 25.4 Å². The first-order chi connectivity index (χ1) is 41.5. The Morgan fingerprint density at radius 3 is 0.845 bits per heavy atom. The lowest BCUT2D eigenvalue weighted by Crippen LogP contribution is -2.45. The normalized spacial score (nSPS) is 12.5. The Kier molecular flexibility index (Phi) is 72.8. The topological polar surface area (TPSA) is 95.9 Å². The average Bonchev–Trinajstić information content (AvgIpc) is 3.51. The summed E-state index contributed by atoms with van der Waals surface area (Å²) in [7, 11) is 0. The molecular formula is C78H153NO5. The summed E-state index contributed by atoms with van der Waals surface area (Å²) >= 11 is 0. The number of carbonyl (C=O) groups is 2. The van der Waals surface area contributed by atoms with Crippen LogP contribution >= 0.6 is 0 Å². The van der Waals surface area contributed by atoms with E-state index in [9.17, 15) is 19.8 Å². The average molecular weight is 1190 g/mol. The third kappa shape index (κ3) is 69.7. The van der Waals surface area contributed by atoms with E-state index in [2.05, 4.69) is 31.3 Å². The third-order valence-electron chi connectivity index (χ3n) is 18.6. The molecule has 0 aliphatic heterocycles. The van der Waals surface area contributed by atoms with Crippen molar-refractivity contribution >= 4 is 11.9 Å². The Morgan fingerprint density at radius 1 is 0.321 bits per heavy atom. The summed E-state index contributed by atoms with van der Waals surface area (Å²) in [6, 6.07) is -0.544. The number of unbranched alkanes of at least 4 members (excludes halogenated alkanes) is 61. The number of ether oxygens (including phenoxy) is 1. The van der Waals surface area contributed by atoms with Crippen LogP contribution in [0.2, 0.25) is 0 Å². The van der Waals surface area contributed by atoms with Crippen LogP contribution in [0.25, 0.3) is 0 Å². The molecule has 0 radical (unpaired) electrons. The molecule has 0 aromatic rings. The summed E-state index contributed by atoms with van der Waals surface area (Å²) in [5, 5.41) is 23.5. The molecule has 0 aromatic carbocycles. The Labute approximate surface area is 527 Å². The Balaban J connectivity index is 3.36. The lowest BCUT2D eigenvalue weighted by molar-refractivity contribution is -0.143. The maximum absolute atomic E-state index is 12.6. The van der Waals surface area contributed by atoms with Crippen molar-refractivity contribution in [1.29, 1.82) is 0 Å². The number of rotatable bonds is 74. The van der Waals surface area contributed by atoms with Crippen LogP contribution in [0.1, 0.15) is 450 Å². The maximum Gasteiger partial charge on any atom is 0.305 e. The van der Waals surface area contributed by atoms with Gasteiger partial charge in [-0.05, 0) is 51.4 Å². The van der Waals surface area contributed by atoms with Crippen LogP contribution in [0.3, 0.4) is 0 Å². The number of nitrogens with one attached hydrogen (secondary N) is 1. The minimum atomic E-state index is -0.666. The van der Waals surface area contributed by atoms with Gasteiger partial charge in [-0.1, -0.05) is 398 Å². The Morgan fingerprint density at radius 2 is 0.560 bits per heavy atom. The highest BCUT2D eigenvalue weighted by atomic mass is 16.5. The Bertz CT molecular complexity index is 1270. The number of esters is 1. The molecule has 0 heterocycles. The van der Waals surface area contributed by atoms with E-state index in [1.165, 1.54) is 379 Å². The van der Waals surface area contributed by atoms with Crippen LogP contribution in [0.15, 0.2) is 12.2 Å². The fourth-order valence-corrected chi connectivity index (χ4v) is 12.6. The molecule has 1 amide bonds. The van der Waals surface area contributed by atoms with Gasteiger partial charge in [-0.25, -0.2) is 0 Å². The number of carbonyl (C=O) groups excluding carboxylic acids is 2. The second kappa shape index (κ2) is 74.1. The summed E-state index contributed by atoms with van der Waals surface area (Å²) < 4.78 is 5.52. The van der Waals surface area contributed by atoms with Crippen molar-refractivity contribution in [3.63, 3.8) is 0 Å². The molecule has 6 nitrogen and oxygen atoms in total. The summed E-state index contributed by atoms with van der Waals surface area (Å²) in [5.74, 6) is -0.0106. The first-order valence-corrected chi connectivity index (χ1v) is 38.9. The number of aliphatic hydroxyl groups is 2. The largest absolute Gasteiger partial charge is 0.466 e. The first kappa shape index (κ1) is 82.6. The summed E-state index contributed by atoms with van der Waals surface area (Å²) in [5.41, 5.74) is 0. The fraction of sp³-hybridized carbons (Fsp3) is 0.949. The Hall–Kier alpha value is -1.40.